The average Bonchev–Trinajstić information content (AvgIpc) is 2.66. The molecule has 150 valence electrons. The summed E-state index contributed by atoms with van der Waals surface area (Å²) >= 11 is 11.9. The summed E-state index contributed by atoms with van der Waals surface area (Å²) in [6.45, 7) is 0.876. The van der Waals surface area contributed by atoms with Crippen LogP contribution >= 0.6 is 23.2 Å². The topological polar surface area (TPSA) is 92.5 Å². The van der Waals surface area contributed by atoms with Crippen LogP contribution < -0.4 is 11.1 Å². The molecule has 2 aromatic rings. The lowest BCUT2D eigenvalue weighted by Gasteiger charge is -2.30. The molecular weight excluding hydrogens is 421 g/mol. The van der Waals surface area contributed by atoms with E-state index in [-0.39, 0.29) is 39.9 Å². The minimum atomic E-state index is -3.70. The number of para-hydroxylation sites is 1. The second-order valence-electron chi connectivity index (χ2n) is 6.70. The Balaban J connectivity index is 1.59. The van der Waals surface area contributed by atoms with Crippen LogP contribution in [0.3, 0.4) is 0 Å². The van der Waals surface area contributed by atoms with E-state index in [0.29, 0.717) is 25.1 Å². The van der Waals surface area contributed by atoms with Crippen molar-refractivity contribution in [2.45, 2.75) is 24.3 Å². The van der Waals surface area contributed by atoms with Crippen molar-refractivity contribution < 1.29 is 13.2 Å². The first-order chi connectivity index (χ1) is 13.3. The van der Waals surface area contributed by atoms with Crippen LogP contribution in [0.25, 0.3) is 0 Å². The van der Waals surface area contributed by atoms with E-state index < -0.39 is 10.0 Å². The van der Waals surface area contributed by atoms with Crippen LogP contribution in [0.5, 0.6) is 0 Å². The molecule has 28 heavy (non-hydrogen) atoms. The van der Waals surface area contributed by atoms with E-state index >= 15 is 0 Å². The summed E-state index contributed by atoms with van der Waals surface area (Å²) in [4.78, 5) is 12.5. The van der Waals surface area contributed by atoms with Gasteiger partial charge in [0.2, 0.25) is 15.9 Å². The highest BCUT2D eigenvalue weighted by Crippen LogP contribution is 2.28. The summed E-state index contributed by atoms with van der Waals surface area (Å²) < 4.78 is 27.0. The molecule has 0 aliphatic carbocycles. The van der Waals surface area contributed by atoms with E-state index in [1.807, 2.05) is 18.2 Å². The molecule has 9 heteroatoms. The van der Waals surface area contributed by atoms with Crippen molar-refractivity contribution in [3.05, 3.63) is 58.1 Å². The summed E-state index contributed by atoms with van der Waals surface area (Å²) in [6, 6.07) is 11.6. The fraction of sp³-hybridized carbons (Fsp3) is 0.316. The standard InChI is InChI=1S/C19H21Cl2N3O3S/c20-15-9-16(21)11-17(10-15)28(26,27)24-7-5-13(6-8-24)19(25)23-12-14-3-1-2-4-18(14)22/h1-4,9-11,13H,5-8,12,22H2,(H,23,25). The smallest absolute Gasteiger partial charge is 0.243 e. The number of rotatable bonds is 5. The highest BCUT2D eigenvalue weighted by Gasteiger charge is 2.32. The van der Waals surface area contributed by atoms with E-state index in [2.05, 4.69) is 5.32 Å². The van der Waals surface area contributed by atoms with Gasteiger partial charge in [-0.2, -0.15) is 4.31 Å². The van der Waals surface area contributed by atoms with Gasteiger partial charge in [0.25, 0.3) is 0 Å². The Labute approximate surface area is 174 Å². The molecule has 1 fully saturated rings. The van der Waals surface area contributed by atoms with Crippen molar-refractivity contribution in [1.82, 2.24) is 9.62 Å². The van der Waals surface area contributed by atoms with Crippen LogP contribution in [0.4, 0.5) is 5.69 Å². The third kappa shape index (κ3) is 4.78. The van der Waals surface area contributed by atoms with Crippen LogP contribution in [-0.4, -0.2) is 31.7 Å². The second kappa shape index (κ2) is 8.69. The van der Waals surface area contributed by atoms with Gasteiger partial charge < -0.3 is 11.1 Å². The number of nitrogens with two attached hydrogens (primary N) is 1. The van der Waals surface area contributed by atoms with Crippen LogP contribution in [0, 0.1) is 5.92 Å². The quantitative estimate of drug-likeness (QED) is 0.696. The average molecular weight is 442 g/mol. The van der Waals surface area contributed by atoms with Gasteiger partial charge in [0.1, 0.15) is 0 Å². The molecular formula is C19H21Cl2N3O3S. The van der Waals surface area contributed by atoms with Crippen molar-refractivity contribution in [3.63, 3.8) is 0 Å². The van der Waals surface area contributed by atoms with Crippen LogP contribution in [0.1, 0.15) is 18.4 Å². The van der Waals surface area contributed by atoms with E-state index in [9.17, 15) is 13.2 Å². The zero-order valence-electron chi connectivity index (χ0n) is 15.1. The van der Waals surface area contributed by atoms with Crippen molar-refractivity contribution >= 4 is 44.8 Å². The number of hydrogen-bond donors (Lipinski definition) is 2. The Morgan fingerprint density at radius 2 is 1.71 bits per heavy atom. The Morgan fingerprint density at radius 1 is 1.11 bits per heavy atom. The molecule has 0 saturated carbocycles. The maximum absolute atomic E-state index is 12.8. The first kappa shape index (κ1) is 20.9. The number of hydrogen-bond acceptors (Lipinski definition) is 4. The van der Waals surface area contributed by atoms with Gasteiger partial charge in [0.15, 0.2) is 0 Å². The Hall–Kier alpha value is -1.80. The van der Waals surface area contributed by atoms with Gasteiger partial charge in [-0.15, -0.1) is 0 Å². The lowest BCUT2D eigenvalue weighted by Crippen LogP contribution is -2.42. The molecule has 0 aromatic heterocycles. The minimum absolute atomic E-state index is 0.0625. The third-order valence-electron chi connectivity index (χ3n) is 4.81. The molecule has 2 aromatic carbocycles. The molecule has 0 unspecified atom stereocenters. The van der Waals surface area contributed by atoms with Crippen molar-refractivity contribution in [2.75, 3.05) is 18.8 Å². The largest absolute Gasteiger partial charge is 0.398 e. The van der Waals surface area contributed by atoms with Gasteiger partial charge in [-0.05, 0) is 42.7 Å². The summed E-state index contributed by atoms with van der Waals surface area (Å²) in [7, 11) is -3.70. The number of nitrogens with one attached hydrogen (secondary N) is 1. The number of carbonyl (C=O) groups is 1. The van der Waals surface area contributed by atoms with E-state index in [4.69, 9.17) is 28.9 Å². The van der Waals surface area contributed by atoms with Gasteiger partial charge in [0.05, 0.1) is 4.90 Å². The van der Waals surface area contributed by atoms with Crippen LogP contribution in [-0.2, 0) is 21.4 Å². The third-order valence-corrected chi connectivity index (χ3v) is 7.12. The van der Waals surface area contributed by atoms with Gasteiger partial charge in [-0.25, -0.2) is 8.42 Å². The van der Waals surface area contributed by atoms with Gasteiger partial charge in [-0.1, -0.05) is 41.4 Å². The number of piperidine rings is 1. The van der Waals surface area contributed by atoms with Crippen LogP contribution in [0.15, 0.2) is 47.4 Å². The Kier molecular flexibility index (Phi) is 6.50. The van der Waals surface area contributed by atoms with Crippen molar-refractivity contribution in [1.29, 1.82) is 0 Å². The first-order valence-corrected chi connectivity index (χ1v) is 11.0. The number of sulfonamides is 1. The van der Waals surface area contributed by atoms with Crippen molar-refractivity contribution in [3.8, 4) is 0 Å². The number of benzene rings is 2. The van der Waals surface area contributed by atoms with E-state index in [1.54, 1.807) is 6.07 Å². The minimum Gasteiger partial charge on any atom is -0.398 e. The molecule has 6 nitrogen and oxygen atoms in total. The molecule has 3 N–H and O–H groups in total. The lowest BCUT2D eigenvalue weighted by molar-refractivity contribution is -0.126. The molecule has 1 aliphatic heterocycles. The summed E-state index contributed by atoms with van der Waals surface area (Å²) in [6.07, 6.45) is 0.896. The Morgan fingerprint density at radius 3 is 2.32 bits per heavy atom. The Bertz CT molecular complexity index is 954. The number of halogens is 2. The maximum Gasteiger partial charge on any atom is 0.243 e. The summed E-state index contributed by atoms with van der Waals surface area (Å²) in [5.74, 6) is -0.328. The molecule has 0 atom stereocenters. The molecule has 0 radical (unpaired) electrons. The summed E-state index contributed by atoms with van der Waals surface area (Å²) in [5, 5.41) is 3.42. The predicted octanol–water partition coefficient (Wildman–Crippen LogP) is 3.29. The van der Waals surface area contributed by atoms with Crippen LogP contribution in [0.2, 0.25) is 10.0 Å². The zero-order chi connectivity index (χ0) is 20.3. The van der Waals surface area contributed by atoms with E-state index in [0.717, 1.165) is 5.56 Å². The normalized spacial score (nSPS) is 16.1. The summed E-state index contributed by atoms with van der Waals surface area (Å²) in [5.41, 5.74) is 7.37. The molecule has 0 spiro atoms. The second-order valence-corrected chi connectivity index (χ2v) is 9.51. The maximum atomic E-state index is 12.8. The monoisotopic (exact) mass is 441 g/mol. The number of carbonyl (C=O) groups excluding carboxylic acids is 1. The van der Waals surface area contributed by atoms with Gasteiger partial charge in [-0.3, -0.25) is 4.79 Å². The number of anilines is 1. The first-order valence-electron chi connectivity index (χ1n) is 8.84. The molecule has 0 bridgehead atoms. The van der Waals surface area contributed by atoms with Crippen molar-refractivity contribution in [2.24, 2.45) is 5.92 Å². The lowest BCUT2D eigenvalue weighted by atomic mass is 9.97. The fourth-order valence-electron chi connectivity index (χ4n) is 3.21. The van der Waals surface area contributed by atoms with E-state index in [1.165, 1.54) is 22.5 Å². The molecule has 1 amide bonds. The molecule has 1 saturated heterocycles. The molecule has 3 rings (SSSR count). The number of amides is 1. The fourth-order valence-corrected chi connectivity index (χ4v) is 5.40. The highest BCUT2D eigenvalue weighted by molar-refractivity contribution is 7.89. The number of nitrogens with zero attached hydrogens (tertiary/aromatic N) is 1. The molecule has 1 aliphatic rings. The SMILES string of the molecule is Nc1ccccc1CNC(=O)C1CCN(S(=O)(=O)c2cc(Cl)cc(Cl)c2)CC1. The highest BCUT2D eigenvalue weighted by atomic mass is 35.5. The zero-order valence-corrected chi connectivity index (χ0v) is 17.4. The van der Waals surface area contributed by atoms with Gasteiger partial charge >= 0.3 is 0 Å². The predicted molar refractivity (Wildman–Crippen MR) is 111 cm³/mol. The number of nitrogen functional groups attached to an aromatic ring is 1. The molecule has 1 heterocycles. The van der Waals surface area contributed by atoms with Gasteiger partial charge in [0, 0.05) is 41.3 Å².